The quantitative estimate of drug-likeness (QED) is 0.0687. The molecule has 0 saturated heterocycles. The second-order valence-electron chi connectivity index (χ2n) is 8.72. The molecule has 27 heteroatoms. The fraction of sp³-hybridized carbons (Fsp3) is 0.842. The summed E-state index contributed by atoms with van der Waals surface area (Å²) in [4.78, 5) is 11.2. The molecular weight excluding hydrogens is 732 g/mol. The normalized spacial score (nSPS) is 16.3. The van der Waals surface area contributed by atoms with Gasteiger partial charge in [-0.2, -0.15) is 105 Å². The van der Waals surface area contributed by atoms with E-state index in [-0.39, 0.29) is 6.08 Å². The van der Waals surface area contributed by atoms with E-state index in [4.69, 9.17) is 0 Å². The molecule has 0 heterocycles. The first kappa shape index (κ1) is 43.5. The van der Waals surface area contributed by atoms with Gasteiger partial charge in [0, 0.05) is 12.5 Å². The van der Waals surface area contributed by atoms with E-state index in [1.807, 2.05) is 0 Å². The van der Waals surface area contributed by atoms with Crippen LogP contribution in [-0.4, -0.2) is 90.9 Å². The fourth-order valence-corrected chi connectivity index (χ4v) is 2.74. The lowest BCUT2D eigenvalue weighted by Gasteiger charge is -2.41. The highest BCUT2D eigenvalue weighted by atomic mass is 19.4. The summed E-state index contributed by atoms with van der Waals surface area (Å²) in [5, 5.41) is 0. The van der Waals surface area contributed by atoms with E-state index in [0.717, 1.165) is 0 Å². The van der Waals surface area contributed by atoms with Crippen molar-refractivity contribution >= 4 is 5.97 Å². The topological polar surface area (TPSA) is 35.5 Å². The highest BCUT2D eigenvalue weighted by Gasteiger charge is 2.93. The largest absolute Gasteiger partial charge is 0.460 e. The molecule has 3 nitrogen and oxygen atoms in total. The van der Waals surface area contributed by atoms with Crippen molar-refractivity contribution in [1.82, 2.24) is 0 Å². The molecule has 0 fully saturated rings. The van der Waals surface area contributed by atoms with Crippen molar-refractivity contribution in [2.45, 2.75) is 84.6 Å². The Bertz CT molecular complexity index is 1070. The Kier molecular flexibility index (Phi) is 11.8. The zero-order valence-electron chi connectivity index (χ0n) is 21.0. The third-order valence-corrected chi connectivity index (χ3v) is 5.40. The molecule has 0 aliphatic heterocycles. The summed E-state index contributed by atoms with van der Waals surface area (Å²) in [6, 6.07) is 0. The van der Waals surface area contributed by atoms with Crippen molar-refractivity contribution in [3.8, 4) is 0 Å². The maximum Gasteiger partial charge on any atom is 0.460 e. The maximum atomic E-state index is 14.1. The van der Waals surface area contributed by atoms with Gasteiger partial charge in [0.1, 0.15) is 6.10 Å². The SMILES string of the molecule is C=CC(=O)OC(COCCC(F)(F)C(F)(F)C(F)(F)C(F)(F)F)CC(F)(F)C(F)(F)C(F)(F)C(F)(F)C(F)(F)C(F)(F)C(F)(F)F. The van der Waals surface area contributed by atoms with Crippen LogP contribution in [0.5, 0.6) is 0 Å². The molecule has 1 unspecified atom stereocenters. The minimum absolute atomic E-state index is 0.125. The molecule has 0 spiro atoms. The number of hydrogen-bond acceptors (Lipinski definition) is 3. The van der Waals surface area contributed by atoms with Crippen LogP contribution in [0.25, 0.3) is 0 Å². The van der Waals surface area contributed by atoms with Crippen molar-refractivity contribution < 1.29 is 120 Å². The van der Waals surface area contributed by atoms with Crippen LogP contribution in [0.2, 0.25) is 0 Å². The fourth-order valence-electron chi connectivity index (χ4n) is 2.74. The number of ether oxygens (including phenoxy) is 2. The molecule has 46 heavy (non-hydrogen) atoms. The van der Waals surface area contributed by atoms with Crippen LogP contribution in [0.3, 0.4) is 0 Å². The minimum Gasteiger partial charge on any atom is -0.457 e. The summed E-state index contributed by atoms with van der Waals surface area (Å²) < 4.78 is 322. The maximum absolute atomic E-state index is 14.1. The van der Waals surface area contributed by atoms with Crippen molar-refractivity contribution in [2.24, 2.45) is 0 Å². The first-order chi connectivity index (χ1) is 19.8. The highest BCUT2D eigenvalue weighted by molar-refractivity contribution is 5.81. The van der Waals surface area contributed by atoms with E-state index in [1.165, 1.54) is 0 Å². The zero-order chi connectivity index (χ0) is 37.6. The Morgan fingerprint density at radius 2 is 0.848 bits per heavy atom. The molecule has 0 aliphatic rings. The molecule has 0 aromatic rings. The average molecular weight is 744 g/mol. The van der Waals surface area contributed by atoms with Crippen molar-refractivity contribution in [3.05, 3.63) is 12.7 Å². The predicted molar refractivity (Wildman–Crippen MR) is 96.8 cm³/mol. The Labute approximate surface area is 237 Å². The lowest BCUT2D eigenvalue weighted by Crippen LogP contribution is -2.72. The number of carbonyl (C=O) groups is 1. The first-order valence-corrected chi connectivity index (χ1v) is 10.7. The monoisotopic (exact) mass is 744 g/mol. The Hall–Kier alpha value is -2.51. The van der Waals surface area contributed by atoms with Gasteiger partial charge in [0.15, 0.2) is 0 Å². The van der Waals surface area contributed by atoms with Gasteiger partial charge in [0.2, 0.25) is 0 Å². The van der Waals surface area contributed by atoms with Gasteiger partial charge in [-0.3, -0.25) is 0 Å². The average Bonchev–Trinajstić information content (AvgIpc) is 2.83. The van der Waals surface area contributed by atoms with Crippen LogP contribution in [0, 0.1) is 0 Å². The Morgan fingerprint density at radius 1 is 0.522 bits per heavy atom. The second-order valence-corrected chi connectivity index (χ2v) is 8.72. The van der Waals surface area contributed by atoms with E-state index in [9.17, 15) is 110 Å². The summed E-state index contributed by atoms with van der Waals surface area (Å²) in [6.45, 7) is -2.03. The smallest absolute Gasteiger partial charge is 0.457 e. The predicted octanol–water partition coefficient (Wildman–Crippen LogP) is 8.72. The number of halogens is 24. The van der Waals surface area contributed by atoms with Gasteiger partial charge in [0.25, 0.3) is 0 Å². The van der Waals surface area contributed by atoms with Gasteiger partial charge in [-0.25, -0.2) is 4.79 Å². The molecule has 0 radical (unpaired) electrons. The molecule has 0 rings (SSSR count). The molecule has 0 N–H and O–H groups in total. The third-order valence-electron chi connectivity index (χ3n) is 5.40. The third kappa shape index (κ3) is 7.16. The summed E-state index contributed by atoms with van der Waals surface area (Å²) in [6.07, 6.45) is -25.2. The summed E-state index contributed by atoms with van der Waals surface area (Å²) in [5.74, 6) is -72.7. The summed E-state index contributed by atoms with van der Waals surface area (Å²) in [5.41, 5.74) is 0. The van der Waals surface area contributed by atoms with E-state index in [0.29, 0.717) is 0 Å². The minimum atomic E-state index is -8.70. The number of esters is 1. The van der Waals surface area contributed by atoms with Crippen LogP contribution in [0.15, 0.2) is 12.7 Å². The van der Waals surface area contributed by atoms with Crippen LogP contribution in [0.1, 0.15) is 12.8 Å². The summed E-state index contributed by atoms with van der Waals surface area (Å²) >= 11 is 0. The lowest BCUT2D eigenvalue weighted by molar-refractivity contribution is -0.453. The van der Waals surface area contributed by atoms with E-state index in [2.05, 4.69) is 16.1 Å². The van der Waals surface area contributed by atoms with Gasteiger partial charge in [-0.1, -0.05) is 6.58 Å². The number of alkyl halides is 24. The van der Waals surface area contributed by atoms with Crippen LogP contribution < -0.4 is 0 Å². The van der Waals surface area contributed by atoms with Crippen LogP contribution in [-0.2, 0) is 14.3 Å². The lowest BCUT2D eigenvalue weighted by atomic mass is 9.89. The number of carbonyl (C=O) groups excluding carboxylic acids is 1. The van der Waals surface area contributed by atoms with Gasteiger partial charge < -0.3 is 9.47 Å². The van der Waals surface area contributed by atoms with Crippen molar-refractivity contribution in [2.75, 3.05) is 13.2 Å². The molecule has 0 aromatic carbocycles. The molecule has 1 atom stereocenters. The Balaban J connectivity index is 6.29. The molecule has 0 bridgehead atoms. The van der Waals surface area contributed by atoms with E-state index >= 15 is 0 Å². The van der Waals surface area contributed by atoms with Crippen LogP contribution >= 0.6 is 0 Å². The van der Waals surface area contributed by atoms with Gasteiger partial charge in [-0.15, -0.1) is 0 Å². The van der Waals surface area contributed by atoms with Gasteiger partial charge >= 0.3 is 71.6 Å². The van der Waals surface area contributed by atoms with E-state index in [1.54, 1.807) is 0 Å². The molecule has 0 saturated carbocycles. The number of rotatable bonds is 16. The Morgan fingerprint density at radius 3 is 1.22 bits per heavy atom. The van der Waals surface area contributed by atoms with Crippen LogP contribution in [0.4, 0.5) is 105 Å². The molecular formula is C19H12F24O3. The highest BCUT2D eigenvalue weighted by Crippen LogP contribution is 2.63. The second kappa shape index (κ2) is 12.5. The van der Waals surface area contributed by atoms with Gasteiger partial charge in [0.05, 0.1) is 19.6 Å². The van der Waals surface area contributed by atoms with Crippen molar-refractivity contribution in [1.29, 1.82) is 0 Å². The van der Waals surface area contributed by atoms with E-state index < -0.39 is 104 Å². The molecule has 0 aromatic heterocycles. The molecule has 0 amide bonds. The molecule has 274 valence electrons. The molecule has 0 aliphatic carbocycles. The van der Waals surface area contributed by atoms with Gasteiger partial charge in [-0.05, 0) is 0 Å². The first-order valence-electron chi connectivity index (χ1n) is 10.7. The number of hydrogen-bond donors (Lipinski definition) is 0. The standard InChI is InChI=1S/C19H12F24O3/c1-2-8(44)46-7(6-45-4-3-9(20,21)11(24,25)16(34,35)18(38,39)40)5-10(22,23)12(26,27)13(28,29)14(30,31)15(32,33)17(36,37)19(41,42)43/h2,7H,1,3-6H2. The zero-order valence-corrected chi connectivity index (χ0v) is 21.0. The van der Waals surface area contributed by atoms with Crippen molar-refractivity contribution in [3.63, 3.8) is 0 Å². The summed E-state index contributed by atoms with van der Waals surface area (Å²) in [7, 11) is 0.